The van der Waals surface area contributed by atoms with Crippen LogP contribution in [0.25, 0.3) is 10.6 Å². The lowest BCUT2D eigenvalue weighted by Gasteiger charge is -1.95. The van der Waals surface area contributed by atoms with Crippen LogP contribution in [0.4, 0.5) is 0 Å². The highest BCUT2D eigenvalue weighted by Crippen LogP contribution is 2.24. The Morgan fingerprint density at radius 3 is 3.00 bits per heavy atom. The summed E-state index contributed by atoms with van der Waals surface area (Å²) in [5, 5.41) is 6.40. The van der Waals surface area contributed by atoms with Gasteiger partial charge in [0, 0.05) is 12.8 Å². The molecule has 0 radical (unpaired) electrons. The molecule has 0 unspecified atom stereocenters. The fourth-order valence-corrected chi connectivity index (χ4v) is 2.19. The first-order chi connectivity index (χ1) is 6.31. The third-order valence-corrected chi connectivity index (χ3v) is 3.08. The van der Waals surface area contributed by atoms with Crippen molar-refractivity contribution in [1.82, 2.24) is 9.78 Å². The molecule has 2 heterocycles. The number of aryl methyl sites for hydroxylation is 1. The van der Waals surface area contributed by atoms with E-state index in [0.717, 1.165) is 5.69 Å². The molecule has 0 atom stereocenters. The Morgan fingerprint density at radius 2 is 2.46 bits per heavy atom. The van der Waals surface area contributed by atoms with Gasteiger partial charge in [0.05, 0.1) is 16.3 Å². The smallest absolute Gasteiger partial charge is 0.0781 e. The van der Waals surface area contributed by atoms with Crippen LogP contribution in [0.5, 0.6) is 0 Å². The first kappa shape index (κ1) is 8.84. The lowest BCUT2D eigenvalue weighted by atomic mass is 10.3. The molecular formula is C9H10N2S2. The lowest BCUT2D eigenvalue weighted by molar-refractivity contribution is 0.763. The van der Waals surface area contributed by atoms with Crippen molar-refractivity contribution in [3.63, 3.8) is 0 Å². The lowest BCUT2D eigenvalue weighted by Crippen LogP contribution is -1.92. The first-order valence-corrected chi connectivity index (χ1v) is 5.50. The number of thiol groups is 1. The topological polar surface area (TPSA) is 17.8 Å². The van der Waals surface area contributed by atoms with Crippen molar-refractivity contribution in [2.24, 2.45) is 7.05 Å². The maximum Gasteiger partial charge on any atom is 0.0781 e. The minimum atomic E-state index is 0.694. The van der Waals surface area contributed by atoms with Gasteiger partial charge in [0.25, 0.3) is 0 Å². The van der Waals surface area contributed by atoms with Crippen molar-refractivity contribution < 1.29 is 0 Å². The third kappa shape index (κ3) is 1.64. The maximum atomic E-state index is 4.33. The van der Waals surface area contributed by atoms with Gasteiger partial charge in [-0.1, -0.05) is 6.07 Å². The van der Waals surface area contributed by atoms with Crippen molar-refractivity contribution in [1.29, 1.82) is 0 Å². The molecule has 0 aliphatic heterocycles. The number of thiophene rings is 1. The van der Waals surface area contributed by atoms with E-state index in [-0.39, 0.29) is 0 Å². The summed E-state index contributed by atoms with van der Waals surface area (Å²) >= 11 is 5.92. The molecule has 0 aliphatic carbocycles. The molecule has 2 aromatic heterocycles. The SMILES string of the molecule is Cn1nc(CS)cc1-c1cccs1. The molecule has 4 heteroatoms. The summed E-state index contributed by atoms with van der Waals surface area (Å²) in [6.07, 6.45) is 0. The summed E-state index contributed by atoms with van der Waals surface area (Å²) < 4.78 is 1.90. The van der Waals surface area contributed by atoms with Gasteiger partial charge < -0.3 is 0 Å². The van der Waals surface area contributed by atoms with Gasteiger partial charge in [0.1, 0.15) is 0 Å². The average molecular weight is 210 g/mol. The number of aromatic nitrogens is 2. The normalized spacial score (nSPS) is 10.6. The van der Waals surface area contributed by atoms with E-state index in [2.05, 4.69) is 35.2 Å². The number of hydrogen-bond acceptors (Lipinski definition) is 3. The van der Waals surface area contributed by atoms with Crippen LogP contribution in [0, 0.1) is 0 Å². The molecule has 0 N–H and O–H groups in total. The Balaban J connectivity index is 2.46. The first-order valence-electron chi connectivity index (χ1n) is 3.99. The van der Waals surface area contributed by atoms with Crippen molar-refractivity contribution in [2.75, 3.05) is 0 Å². The highest BCUT2D eigenvalue weighted by atomic mass is 32.1. The molecule has 0 spiro atoms. The molecule has 2 nitrogen and oxygen atoms in total. The van der Waals surface area contributed by atoms with Crippen molar-refractivity contribution in [3.05, 3.63) is 29.3 Å². The molecule has 0 fully saturated rings. The van der Waals surface area contributed by atoms with Gasteiger partial charge in [-0.3, -0.25) is 4.68 Å². The zero-order valence-electron chi connectivity index (χ0n) is 7.27. The average Bonchev–Trinajstić information content (AvgIpc) is 2.72. The van der Waals surface area contributed by atoms with Crippen LogP contribution in [0.15, 0.2) is 23.6 Å². The van der Waals surface area contributed by atoms with Crippen LogP contribution < -0.4 is 0 Å². The van der Waals surface area contributed by atoms with Crippen LogP contribution >= 0.6 is 24.0 Å². The molecule has 0 saturated carbocycles. The monoisotopic (exact) mass is 210 g/mol. The second-order valence-electron chi connectivity index (χ2n) is 2.78. The largest absolute Gasteiger partial charge is 0.267 e. The van der Waals surface area contributed by atoms with Crippen molar-refractivity contribution >= 4 is 24.0 Å². The maximum absolute atomic E-state index is 4.33. The second kappa shape index (κ2) is 3.55. The fraction of sp³-hybridized carbons (Fsp3) is 0.222. The number of hydrogen-bond donors (Lipinski definition) is 1. The predicted molar refractivity (Wildman–Crippen MR) is 59.2 cm³/mol. The third-order valence-electron chi connectivity index (χ3n) is 1.87. The van der Waals surface area contributed by atoms with E-state index in [9.17, 15) is 0 Å². The Morgan fingerprint density at radius 1 is 1.62 bits per heavy atom. The molecule has 13 heavy (non-hydrogen) atoms. The zero-order valence-corrected chi connectivity index (χ0v) is 8.98. The molecule has 2 rings (SSSR count). The van der Waals surface area contributed by atoms with Crippen LogP contribution in [0.3, 0.4) is 0 Å². The summed E-state index contributed by atoms with van der Waals surface area (Å²) in [6.45, 7) is 0. The van der Waals surface area contributed by atoms with E-state index in [4.69, 9.17) is 0 Å². The van der Waals surface area contributed by atoms with Gasteiger partial charge in [-0.15, -0.1) is 11.3 Å². The Kier molecular flexibility index (Phi) is 2.42. The van der Waals surface area contributed by atoms with Crippen LogP contribution in [0.2, 0.25) is 0 Å². The molecule has 0 amide bonds. The van der Waals surface area contributed by atoms with E-state index in [1.807, 2.05) is 17.8 Å². The van der Waals surface area contributed by atoms with Crippen LogP contribution in [-0.4, -0.2) is 9.78 Å². The summed E-state index contributed by atoms with van der Waals surface area (Å²) in [7, 11) is 1.96. The standard InChI is InChI=1S/C9H10N2S2/c1-11-8(5-7(6-12)10-11)9-3-2-4-13-9/h2-5,12H,6H2,1H3. The Labute approximate surface area is 86.6 Å². The minimum absolute atomic E-state index is 0.694. The predicted octanol–water partition coefficient (Wildman–Crippen LogP) is 2.58. The fourth-order valence-electron chi connectivity index (χ4n) is 1.26. The summed E-state index contributed by atoms with van der Waals surface area (Å²) in [4.78, 5) is 1.25. The van der Waals surface area contributed by atoms with Gasteiger partial charge >= 0.3 is 0 Å². The number of nitrogens with zero attached hydrogens (tertiary/aromatic N) is 2. The van der Waals surface area contributed by atoms with Gasteiger partial charge in [0.2, 0.25) is 0 Å². The molecule has 0 aromatic carbocycles. The Bertz CT molecular complexity index is 390. The van der Waals surface area contributed by atoms with Gasteiger partial charge in [-0.05, 0) is 17.5 Å². The van der Waals surface area contributed by atoms with Crippen LogP contribution in [0.1, 0.15) is 5.69 Å². The molecule has 0 aliphatic rings. The van der Waals surface area contributed by atoms with Crippen molar-refractivity contribution in [2.45, 2.75) is 5.75 Å². The van der Waals surface area contributed by atoms with Crippen LogP contribution in [-0.2, 0) is 12.8 Å². The molecule has 2 aromatic rings. The summed E-state index contributed by atoms with van der Waals surface area (Å²) in [5.41, 5.74) is 2.19. The van der Waals surface area contributed by atoms with Gasteiger partial charge in [-0.2, -0.15) is 17.7 Å². The quantitative estimate of drug-likeness (QED) is 0.754. The van der Waals surface area contributed by atoms with E-state index >= 15 is 0 Å². The minimum Gasteiger partial charge on any atom is -0.267 e. The van der Waals surface area contributed by atoms with E-state index in [1.165, 1.54) is 10.6 Å². The summed E-state index contributed by atoms with van der Waals surface area (Å²) in [5.74, 6) is 0.694. The van der Waals surface area contributed by atoms with E-state index in [0.29, 0.717) is 5.75 Å². The van der Waals surface area contributed by atoms with E-state index in [1.54, 1.807) is 11.3 Å². The molecule has 0 saturated heterocycles. The highest BCUT2D eigenvalue weighted by Gasteiger charge is 2.06. The van der Waals surface area contributed by atoms with E-state index < -0.39 is 0 Å². The molecule has 68 valence electrons. The molecule has 0 bridgehead atoms. The van der Waals surface area contributed by atoms with Gasteiger partial charge in [-0.25, -0.2) is 0 Å². The highest BCUT2D eigenvalue weighted by molar-refractivity contribution is 7.79. The number of rotatable bonds is 2. The van der Waals surface area contributed by atoms with Crippen molar-refractivity contribution in [3.8, 4) is 10.6 Å². The molecular weight excluding hydrogens is 200 g/mol. The summed E-state index contributed by atoms with van der Waals surface area (Å²) in [6, 6.07) is 6.23. The van der Waals surface area contributed by atoms with Gasteiger partial charge in [0.15, 0.2) is 0 Å². The zero-order chi connectivity index (χ0) is 9.26. The Hall–Kier alpha value is -0.740. The second-order valence-corrected chi connectivity index (χ2v) is 4.04.